The van der Waals surface area contributed by atoms with E-state index < -0.39 is 0 Å². The van der Waals surface area contributed by atoms with E-state index in [0.29, 0.717) is 5.56 Å². The number of methoxy groups -OCH3 is 1. The number of aromatic nitrogens is 2. The molecule has 28 heavy (non-hydrogen) atoms. The molecule has 1 saturated heterocycles. The van der Waals surface area contributed by atoms with E-state index in [2.05, 4.69) is 11.1 Å². The second-order valence-electron chi connectivity index (χ2n) is 6.97. The molecule has 1 fully saturated rings. The van der Waals surface area contributed by atoms with Gasteiger partial charge in [-0.25, -0.2) is 0 Å². The summed E-state index contributed by atoms with van der Waals surface area (Å²) in [4.78, 5) is 23.8. The summed E-state index contributed by atoms with van der Waals surface area (Å²) >= 11 is 0. The second kappa shape index (κ2) is 8.21. The van der Waals surface area contributed by atoms with Crippen LogP contribution in [0.3, 0.4) is 0 Å². The molecule has 0 aliphatic carbocycles. The summed E-state index contributed by atoms with van der Waals surface area (Å²) in [6, 6.07) is 17.7. The van der Waals surface area contributed by atoms with Gasteiger partial charge in [0.2, 0.25) is 0 Å². The Kier molecular flexibility index (Phi) is 5.33. The highest BCUT2D eigenvalue weighted by molar-refractivity contribution is 5.94. The van der Waals surface area contributed by atoms with Crippen molar-refractivity contribution < 1.29 is 9.53 Å². The maximum atomic E-state index is 12.9. The number of rotatable bonds is 5. The van der Waals surface area contributed by atoms with Crippen LogP contribution in [0.5, 0.6) is 5.75 Å². The number of carbonyl (C=O) groups is 1. The van der Waals surface area contributed by atoms with Crippen LogP contribution in [0, 0.1) is 0 Å². The van der Waals surface area contributed by atoms with Crippen LogP contribution in [-0.2, 0) is 6.42 Å². The Morgan fingerprint density at radius 1 is 1.14 bits per heavy atom. The predicted octanol–water partition coefficient (Wildman–Crippen LogP) is 4.05. The molecular formula is C23H23N3O2. The van der Waals surface area contributed by atoms with Crippen LogP contribution in [0.25, 0.3) is 0 Å². The Morgan fingerprint density at radius 2 is 1.96 bits per heavy atom. The molecule has 1 aromatic carbocycles. The summed E-state index contributed by atoms with van der Waals surface area (Å²) in [6.07, 6.45) is 5.97. The predicted molar refractivity (Wildman–Crippen MR) is 107 cm³/mol. The number of likely N-dealkylation sites (tertiary alicyclic amines) is 1. The number of amides is 1. The van der Waals surface area contributed by atoms with Gasteiger partial charge in [-0.1, -0.05) is 18.2 Å². The van der Waals surface area contributed by atoms with Crippen molar-refractivity contribution >= 4 is 5.91 Å². The van der Waals surface area contributed by atoms with E-state index in [9.17, 15) is 4.79 Å². The Morgan fingerprint density at radius 3 is 2.79 bits per heavy atom. The van der Waals surface area contributed by atoms with Crippen molar-refractivity contribution in [2.45, 2.75) is 25.3 Å². The zero-order chi connectivity index (χ0) is 19.3. The fourth-order valence-corrected chi connectivity index (χ4v) is 3.75. The highest BCUT2D eigenvalue weighted by atomic mass is 16.5. The molecule has 0 radical (unpaired) electrons. The molecular weight excluding hydrogens is 350 g/mol. The molecule has 4 rings (SSSR count). The first-order valence-electron chi connectivity index (χ1n) is 9.54. The lowest BCUT2D eigenvalue weighted by Gasteiger charge is -2.24. The quantitative estimate of drug-likeness (QED) is 0.677. The molecule has 1 aliphatic heterocycles. The molecule has 142 valence electrons. The molecule has 1 aliphatic rings. The zero-order valence-corrected chi connectivity index (χ0v) is 15.9. The molecule has 3 aromatic rings. The summed E-state index contributed by atoms with van der Waals surface area (Å²) in [5.41, 5.74) is 3.78. The molecule has 3 heterocycles. The fraction of sp³-hybridized carbons (Fsp3) is 0.261. The second-order valence-corrected chi connectivity index (χ2v) is 6.97. The minimum Gasteiger partial charge on any atom is -0.497 e. The van der Waals surface area contributed by atoms with Gasteiger partial charge in [0.1, 0.15) is 5.75 Å². The third-order valence-corrected chi connectivity index (χ3v) is 5.13. The third-order valence-electron chi connectivity index (χ3n) is 5.13. The van der Waals surface area contributed by atoms with E-state index >= 15 is 0 Å². The number of nitrogens with zero attached hydrogens (tertiary/aromatic N) is 3. The molecule has 0 N–H and O–H groups in total. The monoisotopic (exact) mass is 373 g/mol. The van der Waals surface area contributed by atoms with Gasteiger partial charge >= 0.3 is 0 Å². The maximum absolute atomic E-state index is 12.9. The van der Waals surface area contributed by atoms with E-state index in [1.54, 1.807) is 31.6 Å². The van der Waals surface area contributed by atoms with E-state index in [4.69, 9.17) is 9.72 Å². The van der Waals surface area contributed by atoms with Gasteiger partial charge in [0, 0.05) is 36.6 Å². The lowest BCUT2D eigenvalue weighted by Crippen LogP contribution is -2.31. The average molecular weight is 373 g/mol. The minimum atomic E-state index is 0.0194. The number of ether oxygens (including phenoxy) is 1. The molecule has 2 aromatic heterocycles. The van der Waals surface area contributed by atoms with Gasteiger partial charge in [-0.05, 0) is 54.8 Å². The van der Waals surface area contributed by atoms with E-state index in [1.807, 2.05) is 41.3 Å². The van der Waals surface area contributed by atoms with Gasteiger partial charge in [0.05, 0.1) is 18.8 Å². The maximum Gasteiger partial charge on any atom is 0.254 e. The van der Waals surface area contributed by atoms with Crippen LogP contribution in [0.4, 0.5) is 0 Å². The normalized spacial score (nSPS) is 16.2. The van der Waals surface area contributed by atoms with Crippen molar-refractivity contribution in [1.29, 1.82) is 0 Å². The smallest absolute Gasteiger partial charge is 0.254 e. The lowest BCUT2D eigenvalue weighted by atomic mass is 10.1. The van der Waals surface area contributed by atoms with Crippen LogP contribution in [0.15, 0.2) is 67.0 Å². The molecule has 0 unspecified atom stereocenters. The lowest BCUT2D eigenvalue weighted by molar-refractivity contribution is 0.0732. The highest BCUT2D eigenvalue weighted by Crippen LogP contribution is 2.32. The Bertz CT molecular complexity index is 959. The molecule has 0 spiro atoms. The Balaban J connectivity index is 1.55. The number of pyridine rings is 2. The molecule has 5 heteroatoms. The van der Waals surface area contributed by atoms with Gasteiger partial charge in [-0.15, -0.1) is 0 Å². The summed E-state index contributed by atoms with van der Waals surface area (Å²) in [5.74, 6) is 0.892. The first-order valence-corrected chi connectivity index (χ1v) is 9.54. The van der Waals surface area contributed by atoms with Gasteiger partial charge < -0.3 is 9.64 Å². The van der Waals surface area contributed by atoms with Crippen LogP contribution in [-0.4, -0.2) is 34.4 Å². The van der Waals surface area contributed by atoms with Crippen molar-refractivity contribution in [3.8, 4) is 5.75 Å². The van der Waals surface area contributed by atoms with Crippen molar-refractivity contribution in [2.75, 3.05) is 13.7 Å². The highest BCUT2D eigenvalue weighted by Gasteiger charge is 2.31. The number of benzene rings is 1. The Hall–Kier alpha value is -3.21. The van der Waals surface area contributed by atoms with Crippen molar-refractivity contribution in [3.63, 3.8) is 0 Å². The van der Waals surface area contributed by atoms with Gasteiger partial charge in [-0.3, -0.25) is 14.8 Å². The van der Waals surface area contributed by atoms with Gasteiger partial charge in [-0.2, -0.15) is 0 Å². The summed E-state index contributed by atoms with van der Waals surface area (Å²) < 4.78 is 5.31. The van der Waals surface area contributed by atoms with Crippen molar-refractivity contribution in [2.24, 2.45) is 0 Å². The van der Waals surface area contributed by atoms with Crippen LogP contribution >= 0.6 is 0 Å². The molecule has 1 amide bonds. The molecule has 0 bridgehead atoms. The fourth-order valence-electron chi connectivity index (χ4n) is 3.75. The zero-order valence-electron chi connectivity index (χ0n) is 15.9. The average Bonchev–Trinajstić information content (AvgIpc) is 3.24. The van der Waals surface area contributed by atoms with E-state index in [1.165, 1.54) is 0 Å². The minimum absolute atomic E-state index is 0.0194. The van der Waals surface area contributed by atoms with Crippen molar-refractivity contribution in [1.82, 2.24) is 14.9 Å². The van der Waals surface area contributed by atoms with Crippen LogP contribution < -0.4 is 4.74 Å². The topological polar surface area (TPSA) is 55.3 Å². The van der Waals surface area contributed by atoms with E-state index in [-0.39, 0.29) is 11.9 Å². The van der Waals surface area contributed by atoms with Gasteiger partial charge in [0.15, 0.2) is 0 Å². The first-order chi connectivity index (χ1) is 13.7. The summed E-state index contributed by atoms with van der Waals surface area (Å²) in [7, 11) is 1.67. The van der Waals surface area contributed by atoms with E-state index in [0.717, 1.165) is 48.5 Å². The number of hydrogen-bond acceptors (Lipinski definition) is 4. The largest absolute Gasteiger partial charge is 0.497 e. The van der Waals surface area contributed by atoms with Crippen LogP contribution in [0.1, 0.15) is 46.2 Å². The molecule has 1 atom stereocenters. The Labute approximate surface area is 165 Å². The third kappa shape index (κ3) is 3.88. The molecule has 0 saturated carbocycles. The standard InChI is InChI=1S/C23H23N3O2/c1-28-20-7-2-5-17(16-20)15-19-6-3-8-21(25-19)22-9-4-14-26(22)23(27)18-10-12-24-13-11-18/h2-3,5-8,10-13,16,22H,4,9,14-15H2,1H3/t22-/m0/s1. The first kappa shape index (κ1) is 18.2. The number of hydrogen-bond donors (Lipinski definition) is 0. The van der Waals surface area contributed by atoms with Crippen LogP contribution in [0.2, 0.25) is 0 Å². The van der Waals surface area contributed by atoms with Crippen molar-refractivity contribution in [3.05, 3.63) is 89.5 Å². The molecule has 5 nitrogen and oxygen atoms in total. The van der Waals surface area contributed by atoms with Gasteiger partial charge in [0.25, 0.3) is 5.91 Å². The SMILES string of the molecule is COc1cccc(Cc2cccc([C@@H]3CCCN3C(=O)c3ccncc3)n2)c1. The summed E-state index contributed by atoms with van der Waals surface area (Å²) in [6.45, 7) is 0.758. The number of carbonyl (C=O) groups excluding carboxylic acids is 1. The summed E-state index contributed by atoms with van der Waals surface area (Å²) in [5, 5.41) is 0.